The summed E-state index contributed by atoms with van der Waals surface area (Å²) in [6.07, 6.45) is 0. The van der Waals surface area contributed by atoms with Crippen molar-refractivity contribution in [1.82, 2.24) is 10.2 Å². The minimum Gasteiger partial charge on any atom is -0.484 e. The second-order valence-electron chi connectivity index (χ2n) is 5.80. The predicted molar refractivity (Wildman–Crippen MR) is 90.4 cm³/mol. The second-order valence-corrected chi connectivity index (χ2v) is 5.80. The Balaban J connectivity index is 1.64. The number of hydrogen-bond acceptors (Lipinski definition) is 5. The molecule has 0 radical (unpaired) electrons. The Hall–Kier alpha value is -2.82. The van der Waals surface area contributed by atoms with E-state index in [4.69, 9.17) is 13.9 Å². The monoisotopic (exact) mass is 324 g/mol. The van der Waals surface area contributed by atoms with Crippen LogP contribution in [0.2, 0.25) is 0 Å². The fourth-order valence-electron chi connectivity index (χ4n) is 2.23. The van der Waals surface area contributed by atoms with Crippen LogP contribution in [0.25, 0.3) is 0 Å². The van der Waals surface area contributed by atoms with E-state index in [0.717, 1.165) is 5.75 Å². The van der Waals surface area contributed by atoms with Gasteiger partial charge in [-0.1, -0.05) is 32.0 Å². The zero-order valence-electron chi connectivity index (χ0n) is 14.0. The van der Waals surface area contributed by atoms with Crippen LogP contribution in [0, 0.1) is 6.92 Å². The van der Waals surface area contributed by atoms with Gasteiger partial charge in [-0.2, -0.15) is 0 Å². The zero-order chi connectivity index (χ0) is 16.9. The molecule has 5 heteroatoms. The van der Waals surface area contributed by atoms with E-state index in [1.165, 1.54) is 5.56 Å². The van der Waals surface area contributed by atoms with Gasteiger partial charge in [0.1, 0.15) is 17.2 Å². The van der Waals surface area contributed by atoms with Crippen LogP contribution in [0.15, 0.2) is 52.9 Å². The first-order chi connectivity index (χ1) is 11.6. The first kappa shape index (κ1) is 16.1. The van der Waals surface area contributed by atoms with Crippen molar-refractivity contribution in [2.75, 3.05) is 0 Å². The number of ether oxygens (including phenoxy) is 2. The minimum atomic E-state index is 0.230. The zero-order valence-corrected chi connectivity index (χ0v) is 14.0. The third-order valence-corrected chi connectivity index (χ3v) is 3.52. The SMILES string of the molecule is Cc1nnc(COc2cccc(Oc3ccc(C(C)C)cc3)c2)o1. The van der Waals surface area contributed by atoms with Gasteiger partial charge in [-0.3, -0.25) is 0 Å². The standard InChI is InChI=1S/C19H20N2O3/c1-13(2)15-7-9-16(10-8-15)24-18-6-4-5-17(11-18)22-12-19-21-20-14(3)23-19/h4-11,13H,12H2,1-3H3. The molecular weight excluding hydrogens is 304 g/mol. The van der Waals surface area contributed by atoms with Crippen molar-refractivity contribution in [3.05, 3.63) is 65.9 Å². The molecule has 124 valence electrons. The summed E-state index contributed by atoms with van der Waals surface area (Å²) in [4.78, 5) is 0. The van der Waals surface area contributed by atoms with E-state index in [-0.39, 0.29) is 6.61 Å². The van der Waals surface area contributed by atoms with Crippen molar-refractivity contribution >= 4 is 0 Å². The van der Waals surface area contributed by atoms with Gasteiger partial charge >= 0.3 is 0 Å². The van der Waals surface area contributed by atoms with Crippen molar-refractivity contribution in [2.45, 2.75) is 33.3 Å². The normalized spacial score (nSPS) is 10.8. The third kappa shape index (κ3) is 4.13. The van der Waals surface area contributed by atoms with Gasteiger partial charge in [-0.05, 0) is 35.7 Å². The van der Waals surface area contributed by atoms with Crippen LogP contribution in [0.3, 0.4) is 0 Å². The lowest BCUT2D eigenvalue weighted by Crippen LogP contribution is -1.96. The molecule has 0 saturated heterocycles. The second kappa shape index (κ2) is 7.17. The molecule has 3 aromatic rings. The van der Waals surface area contributed by atoms with Crippen LogP contribution in [-0.4, -0.2) is 10.2 Å². The average Bonchev–Trinajstić information content (AvgIpc) is 2.99. The van der Waals surface area contributed by atoms with Crippen LogP contribution < -0.4 is 9.47 Å². The van der Waals surface area contributed by atoms with E-state index < -0.39 is 0 Å². The molecule has 1 aromatic heterocycles. The van der Waals surface area contributed by atoms with Gasteiger partial charge in [0.05, 0.1) is 0 Å². The Morgan fingerprint density at radius 2 is 1.71 bits per heavy atom. The molecule has 0 saturated carbocycles. The summed E-state index contributed by atoms with van der Waals surface area (Å²) < 4.78 is 16.8. The fourth-order valence-corrected chi connectivity index (χ4v) is 2.23. The summed E-state index contributed by atoms with van der Waals surface area (Å²) in [5.74, 6) is 3.67. The van der Waals surface area contributed by atoms with Gasteiger partial charge in [0.2, 0.25) is 5.89 Å². The van der Waals surface area contributed by atoms with Crippen molar-refractivity contribution in [3.8, 4) is 17.2 Å². The molecule has 0 N–H and O–H groups in total. The number of aromatic nitrogens is 2. The van der Waals surface area contributed by atoms with Gasteiger partial charge in [0.25, 0.3) is 5.89 Å². The summed E-state index contributed by atoms with van der Waals surface area (Å²) in [6.45, 7) is 6.31. The number of benzene rings is 2. The molecule has 0 atom stereocenters. The van der Waals surface area contributed by atoms with Gasteiger partial charge in [-0.15, -0.1) is 10.2 Å². The predicted octanol–water partition coefficient (Wildman–Crippen LogP) is 4.87. The van der Waals surface area contributed by atoms with Crippen LogP contribution >= 0.6 is 0 Å². The first-order valence-corrected chi connectivity index (χ1v) is 7.90. The highest BCUT2D eigenvalue weighted by Crippen LogP contribution is 2.27. The van der Waals surface area contributed by atoms with Crippen molar-refractivity contribution in [3.63, 3.8) is 0 Å². The molecule has 0 spiro atoms. The maximum Gasteiger partial charge on any atom is 0.253 e. The van der Waals surface area contributed by atoms with Crippen LogP contribution in [0.1, 0.15) is 37.1 Å². The Kier molecular flexibility index (Phi) is 4.79. The Bertz CT molecular complexity index is 794. The molecule has 0 aliphatic heterocycles. The Morgan fingerprint density at radius 3 is 2.38 bits per heavy atom. The Labute approximate surface area is 141 Å². The van der Waals surface area contributed by atoms with Gasteiger partial charge < -0.3 is 13.9 Å². The molecule has 0 fully saturated rings. The molecule has 0 aliphatic carbocycles. The van der Waals surface area contributed by atoms with Crippen molar-refractivity contribution in [1.29, 1.82) is 0 Å². The van der Waals surface area contributed by atoms with Crippen LogP contribution in [-0.2, 0) is 6.61 Å². The summed E-state index contributed by atoms with van der Waals surface area (Å²) >= 11 is 0. The highest BCUT2D eigenvalue weighted by Gasteiger charge is 2.05. The van der Waals surface area contributed by atoms with Crippen molar-refractivity contribution in [2.24, 2.45) is 0 Å². The maximum atomic E-state index is 5.88. The number of aryl methyl sites for hydroxylation is 1. The highest BCUT2D eigenvalue weighted by atomic mass is 16.5. The molecule has 24 heavy (non-hydrogen) atoms. The highest BCUT2D eigenvalue weighted by molar-refractivity contribution is 5.38. The van der Waals surface area contributed by atoms with Gasteiger partial charge in [0, 0.05) is 13.0 Å². The molecule has 0 aliphatic rings. The van der Waals surface area contributed by atoms with Crippen LogP contribution in [0.5, 0.6) is 17.2 Å². The maximum absolute atomic E-state index is 5.88. The van der Waals surface area contributed by atoms with E-state index in [1.54, 1.807) is 6.92 Å². The van der Waals surface area contributed by atoms with Crippen LogP contribution in [0.4, 0.5) is 0 Å². The van der Waals surface area contributed by atoms with E-state index in [2.05, 4.69) is 36.2 Å². The number of rotatable bonds is 6. The van der Waals surface area contributed by atoms with Gasteiger partial charge in [0.15, 0.2) is 6.61 Å². The Morgan fingerprint density at radius 1 is 0.958 bits per heavy atom. The molecule has 2 aromatic carbocycles. The van der Waals surface area contributed by atoms with E-state index >= 15 is 0 Å². The lowest BCUT2D eigenvalue weighted by atomic mass is 10.0. The summed E-state index contributed by atoms with van der Waals surface area (Å²) in [6, 6.07) is 15.6. The summed E-state index contributed by atoms with van der Waals surface area (Å²) in [5, 5.41) is 7.67. The number of hydrogen-bond donors (Lipinski definition) is 0. The topological polar surface area (TPSA) is 57.4 Å². The molecule has 0 amide bonds. The molecule has 1 heterocycles. The summed E-state index contributed by atoms with van der Waals surface area (Å²) in [7, 11) is 0. The quantitative estimate of drug-likeness (QED) is 0.647. The third-order valence-electron chi connectivity index (χ3n) is 3.52. The lowest BCUT2D eigenvalue weighted by molar-refractivity contribution is 0.259. The molecule has 0 bridgehead atoms. The van der Waals surface area contributed by atoms with E-state index in [9.17, 15) is 0 Å². The first-order valence-electron chi connectivity index (χ1n) is 7.90. The largest absolute Gasteiger partial charge is 0.484 e. The van der Waals surface area contributed by atoms with E-state index in [1.807, 2.05) is 36.4 Å². The summed E-state index contributed by atoms with van der Waals surface area (Å²) in [5.41, 5.74) is 1.29. The molecule has 0 unspecified atom stereocenters. The molecule has 5 nitrogen and oxygen atoms in total. The lowest BCUT2D eigenvalue weighted by Gasteiger charge is -2.10. The fraction of sp³-hybridized carbons (Fsp3) is 0.263. The van der Waals surface area contributed by atoms with Crippen molar-refractivity contribution < 1.29 is 13.9 Å². The van der Waals surface area contributed by atoms with E-state index in [0.29, 0.717) is 29.2 Å². The molecular formula is C19H20N2O3. The average molecular weight is 324 g/mol. The van der Waals surface area contributed by atoms with Gasteiger partial charge in [-0.25, -0.2) is 0 Å². The minimum absolute atomic E-state index is 0.230. The molecule has 3 rings (SSSR count). The smallest absolute Gasteiger partial charge is 0.253 e. The number of nitrogens with zero attached hydrogens (tertiary/aromatic N) is 2.